The number of nitrogens with one attached hydrogen (secondary N) is 4. The molecule has 0 saturated heterocycles. The van der Waals surface area contributed by atoms with E-state index in [0.29, 0.717) is 36.9 Å². The van der Waals surface area contributed by atoms with Crippen LogP contribution >= 0.6 is 12.4 Å². The molecule has 0 bridgehead atoms. The number of hydrogen-bond acceptors (Lipinski definition) is 7. The van der Waals surface area contributed by atoms with Gasteiger partial charge in [-0.3, -0.25) is 19.5 Å². The number of anilines is 1. The molecule has 0 unspecified atom stereocenters. The lowest BCUT2D eigenvalue weighted by Crippen LogP contribution is -2.50. The van der Waals surface area contributed by atoms with E-state index < -0.39 is 41.6 Å². The average Bonchev–Trinajstić information content (AvgIpc) is 3.75. The molecule has 342 valence electrons. The molecule has 0 spiro atoms. The highest BCUT2D eigenvalue weighted by atomic mass is 35.5. The third kappa shape index (κ3) is 11.4. The predicted molar refractivity (Wildman–Crippen MR) is 227 cm³/mol. The summed E-state index contributed by atoms with van der Waals surface area (Å²) in [6.45, 7) is 2.47. The van der Waals surface area contributed by atoms with E-state index in [1.165, 1.54) is 29.4 Å². The number of carbonyl (C=O) groups is 3. The number of carbonyl (C=O) groups excluding carboxylic acids is 3. The van der Waals surface area contributed by atoms with E-state index in [1.54, 1.807) is 6.07 Å². The summed E-state index contributed by atoms with van der Waals surface area (Å²) in [5.41, 5.74) is 10.0. The van der Waals surface area contributed by atoms with Crippen LogP contribution in [0.15, 0.2) is 66.7 Å². The van der Waals surface area contributed by atoms with Gasteiger partial charge < -0.3 is 26.6 Å². The van der Waals surface area contributed by atoms with Crippen LogP contribution in [-0.4, -0.2) is 88.7 Å². The molecule has 2 aliphatic carbocycles. The molecule has 0 radical (unpaired) electrons. The zero-order valence-corrected chi connectivity index (χ0v) is 35.8. The van der Waals surface area contributed by atoms with Gasteiger partial charge in [-0.25, -0.2) is 4.98 Å². The van der Waals surface area contributed by atoms with Crippen LogP contribution in [0.4, 0.5) is 36.4 Å². The van der Waals surface area contributed by atoms with Gasteiger partial charge in [-0.05, 0) is 144 Å². The number of alkyl halides is 7. The molecular formula is C44H52ClF7N8O3. The van der Waals surface area contributed by atoms with Crippen LogP contribution in [0.25, 0.3) is 22.5 Å². The number of nitrogens with zero attached hydrogens (tertiary/aromatic N) is 3. The largest absolute Gasteiger partial charge is 0.460 e. The molecule has 6 N–H and O–H groups in total. The normalized spacial score (nSPS) is 20.1. The number of aromatic nitrogens is 3. The topological polar surface area (TPSA) is 158 Å². The highest BCUT2D eigenvalue weighted by Gasteiger charge is 2.75. The highest BCUT2D eigenvalue weighted by Crippen LogP contribution is 2.51. The molecule has 63 heavy (non-hydrogen) atoms. The molecule has 19 heteroatoms. The summed E-state index contributed by atoms with van der Waals surface area (Å²) in [4.78, 5) is 45.9. The molecule has 6 rings (SSSR count). The molecular weight excluding hydrogens is 857 g/mol. The highest BCUT2D eigenvalue weighted by molar-refractivity contribution is 5.98. The molecule has 11 nitrogen and oxygen atoms in total. The molecule has 3 amide bonds. The minimum absolute atomic E-state index is 0. The number of aromatic amines is 1. The molecule has 2 fully saturated rings. The van der Waals surface area contributed by atoms with Crippen LogP contribution in [0.2, 0.25) is 0 Å². The minimum Gasteiger partial charge on any atom is -0.349 e. The SMILES string of the molecule is Cc1cc(C(=O)NC2CCC(N(C)C)CC2)ccc1-c1ccc(C[C@H](NC(=O)C2CCC(CN)CC2)C(=O)Nc2ccc(-c3n[nH]c(C(F)(F)C(F)(F)C(F)(F)F)n3)cc2)cc1.Cl. The van der Waals surface area contributed by atoms with Gasteiger partial charge >= 0.3 is 18.0 Å². The lowest BCUT2D eigenvalue weighted by molar-refractivity contribution is -0.361. The molecule has 0 aliphatic heterocycles. The Kier molecular flexibility index (Phi) is 15.7. The van der Waals surface area contributed by atoms with Crippen molar-refractivity contribution in [2.75, 3.05) is 26.0 Å². The number of nitrogens with two attached hydrogens (primary N) is 1. The van der Waals surface area contributed by atoms with Crippen molar-refractivity contribution in [2.24, 2.45) is 17.6 Å². The summed E-state index contributed by atoms with van der Waals surface area (Å²) in [5.74, 6) is -15.6. The van der Waals surface area contributed by atoms with E-state index in [4.69, 9.17) is 5.73 Å². The van der Waals surface area contributed by atoms with Gasteiger partial charge in [0, 0.05) is 41.2 Å². The first-order valence-electron chi connectivity index (χ1n) is 20.6. The summed E-state index contributed by atoms with van der Waals surface area (Å²) >= 11 is 0. The number of amides is 3. The summed E-state index contributed by atoms with van der Waals surface area (Å²) in [6.07, 6.45) is 0.323. The van der Waals surface area contributed by atoms with Gasteiger partial charge in [0.15, 0.2) is 5.82 Å². The van der Waals surface area contributed by atoms with Crippen molar-refractivity contribution >= 4 is 35.8 Å². The molecule has 2 saturated carbocycles. The predicted octanol–water partition coefficient (Wildman–Crippen LogP) is 8.19. The van der Waals surface area contributed by atoms with E-state index in [1.807, 2.05) is 43.3 Å². The van der Waals surface area contributed by atoms with Crippen molar-refractivity contribution in [3.63, 3.8) is 0 Å². The number of halogens is 8. The number of aryl methyl sites for hydroxylation is 1. The Morgan fingerprint density at radius 1 is 0.841 bits per heavy atom. The molecule has 1 atom stereocenters. The second-order valence-corrected chi connectivity index (χ2v) is 16.6. The van der Waals surface area contributed by atoms with Crippen molar-refractivity contribution in [1.29, 1.82) is 0 Å². The first-order valence-corrected chi connectivity index (χ1v) is 20.6. The van der Waals surface area contributed by atoms with Crippen LogP contribution in [0.3, 0.4) is 0 Å². The second-order valence-electron chi connectivity index (χ2n) is 16.6. The maximum Gasteiger partial charge on any atom is 0.460 e. The molecule has 1 heterocycles. The van der Waals surface area contributed by atoms with E-state index in [0.717, 1.165) is 60.8 Å². The number of H-pyrrole nitrogens is 1. The standard InChI is InChI=1S/C44H51F7N8O3.ClH/c1-25-22-31(39(61)53-33-17-19-34(20-18-33)59(2)3)14-21-35(25)28-8-4-26(5-9-28)23-36(55-38(60)30-10-6-27(24-52)7-11-30)40(62)54-32-15-12-29(13-16-32)37-56-41(58-57-37)42(45,46)43(47,48)44(49,50)51;/h4-5,8-9,12-16,21-22,27,30,33-34,36H,6-7,10-11,17-20,23-24,52H2,1-3H3,(H,53,61)(H,54,62)(H,55,60)(H,56,57,58);1H/t27?,30?,33?,34?,36-;/m0./s1. The summed E-state index contributed by atoms with van der Waals surface area (Å²) in [7, 11) is 4.16. The quantitative estimate of drug-likeness (QED) is 0.0799. The van der Waals surface area contributed by atoms with Crippen LogP contribution in [0.1, 0.15) is 78.7 Å². The minimum atomic E-state index is -6.55. The maximum atomic E-state index is 14.2. The lowest BCUT2D eigenvalue weighted by atomic mass is 9.81. The van der Waals surface area contributed by atoms with Crippen LogP contribution in [0.5, 0.6) is 0 Å². The fraction of sp³-hybridized carbons (Fsp3) is 0.477. The fourth-order valence-electron chi connectivity index (χ4n) is 8.14. The van der Waals surface area contributed by atoms with Crippen LogP contribution in [-0.2, 0) is 21.9 Å². The van der Waals surface area contributed by atoms with Gasteiger partial charge in [0.2, 0.25) is 17.6 Å². The summed E-state index contributed by atoms with van der Waals surface area (Å²) in [5, 5.41) is 13.7. The van der Waals surface area contributed by atoms with Gasteiger partial charge in [-0.2, -0.15) is 35.8 Å². The van der Waals surface area contributed by atoms with Gasteiger partial charge in [0.25, 0.3) is 5.91 Å². The first-order chi connectivity index (χ1) is 29.3. The molecule has 1 aromatic heterocycles. The summed E-state index contributed by atoms with van der Waals surface area (Å²) < 4.78 is 93.6. The van der Waals surface area contributed by atoms with E-state index in [2.05, 4.69) is 45.0 Å². The van der Waals surface area contributed by atoms with Crippen molar-refractivity contribution in [1.82, 2.24) is 30.7 Å². The van der Waals surface area contributed by atoms with Crippen LogP contribution < -0.4 is 21.7 Å². The number of benzene rings is 3. The maximum absolute atomic E-state index is 14.2. The third-order valence-corrected chi connectivity index (χ3v) is 12.1. The Bertz CT molecular complexity index is 2190. The van der Waals surface area contributed by atoms with Crippen molar-refractivity contribution < 1.29 is 45.1 Å². The van der Waals surface area contributed by atoms with E-state index >= 15 is 0 Å². The first kappa shape index (κ1) is 49.0. The van der Waals surface area contributed by atoms with Gasteiger partial charge in [0.1, 0.15) is 6.04 Å². The Morgan fingerprint density at radius 2 is 1.46 bits per heavy atom. The Balaban J connectivity index is 0.00000748. The second kappa shape index (κ2) is 20.2. The van der Waals surface area contributed by atoms with Gasteiger partial charge in [-0.15, -0.1) is 12.4 Å². The lowest BCUT2D eigenvalue weighted by Gasteiger charge is -2.33. The van der Waals surface area contributed by atoms with Crippen molar-refractivity contribution in [2.45, 2.75) is 101 Å². The molecule has 3 aromatic carbocycles. The van der Waals surface area contributed by atoms with Crippen molar-refractivity contribution in [3.05, 3.63) is 89.2 Å². The average molecular weight is 909 g/mol. The van der Waals surface area contributed by atoms with Crippen LogP contribution in [0, 0.1) is 18.8 Å². The van der Waals surface area contributed by atoms with E-state index in [9.17, 15) is 45.1 Å². The molecule has 2 aliphatic rings. The number of rotatable bonds is 14. The number of hydrogen-bond donors (Lipinski definition) is 5. The fourth-order valence-corrected chi connectivity index (χ4v) is 8.14. The third-order valence-electron chi connectivity index (χ3n) is 12.1. The molecule has 4 aromatic rings. The monoisotopic (exact) mass is 908 g/mol. The van der Waals surface area contributed by atoms with Crippen molar-refractivity contribution in [3.8, 4) is 22.5 Å². The summed E-state index contributed by atoms with van der Waals surface area (Å²) in [6, 6.07) is 17.9. The Labute approximate surface area is 367 Å². The Morgan fingerprint density at radius 3 is 2.03 bits per heavy atom. The van der Waals surface area contributed by atoms with Gasteiger partial charge in [-0.1, -0.05) is 30.3 Å². The Hall–Kier alpha value is -5.07. The van der Waals surface area contributed by atoms with E-state index in [-0.39, 0.29) is 53.9 Å². The smallest absolute Gasteiger partial charge is 0.349 e. The zero-order chi connectivity index (χ0) is 45.0. The van der Waals surface area contributed by atoms with Gasteiger partial charge in [0.05, 0.1) is 0 Å². The zero-order valence-electron chi connectivity index (χ0n) is 35.0.